The second-order valence-electron chi connectivity index (χ2n) is 6.13. The molecule has 2 aromatic carbocycles. The first-order valence-corrected chi connectivity index (χ1v) is 8.89. The van der Waals surface area contributed by atoms with Crippen molar-refractivity contribution in [1.82, 2.24) is 4.90 Å². The van der Waals surface area contributed by atoms with Crippen LogP contribution < -0.4 is 10.6 Å². The number of amides is 3. The molecule has 0 aliphatic heterocycles. The Morgan fingerprint density at radius 1 is 0.963 bits per heavy atom. The highest BCUT2D eigenvalue weighted by atomic mass is 35.5. The summed E-state index contributed by atoms with van der Waals surface area (Å²) in [4.78, 5) is 36.8. The van der Waals surface area contributed by atoms with Gasteiger partial charge in [-0.25, -0.2) is 0 Å². The average Bonchev–Trinajstić information content (AvgIpc) is 2.59. The van der Waals surface area contributed by atoms with Gasteiger partial charge >= 0.3 is 0 Å². The molecule has 7 heteroatoms. The lowest BCUT2D eigenvalue weighted by Crippen LogP contribution is -2.38. The van der Waals surface area contributed by atoms with Gasteiger partial charge in [0.15, 0.2) is 0 Å². The lowest BCUT2D eigenvalue weighted by atomic mass is 10.1. The van der Waals surface area contributed by atoms with Crippen LogP contribution in [0, 0.1) is 0 Å². The lowest BCUT2D eigenvalue weighted by Gasteiger charge is -2.20. The van der Waals surface area contributed by atoms with Crippen LogP contribution in [0.3, 0.4) is 0 Å². The highest BCUT2D eigenvalue weighted by Crippen LogP contribution is 2.15. The third-order valence-electron chi connectivity index (χ3n) is 3.83. The van der Waals surface area contributed by atoms with Crippen molar-refractivity contribution in [3.8, 4) is 0 Å². The molecule has 6 nitrogen and oxygen atoms in total. The zero-order valence-electron chi connectivity index (χ0n) is 15.3. The standard InChI is InChI=1S/C20H22ClN3O3/c1-14(25)22-18-4-3-5-19(12-18)23-20(27)13-24(15(2)26)11-10-16-6-8-17(21)9-7-16/h3-9,12H,10-11,13H2,1-2H3,(H,22,25)(H,23,27). The van der Waals surface area contributed by atoms with Gasteiger partial charge in [-0.05, 0) is 42.3 Å². The Balaban J connectivity index is 1.93. The molecule has 0 fully saturated rings. The molecule has 0 saturated carbocycles. The number of carbonyl (C=O) groups excluding carboxylic acids is 3. The lowest BCUT2D eigenvalue weighted by molar-refractivity contribution is -0.132. The molecule has 0 unspecified atom stereocenters. The van der Waals surface area contributed by atoms with Crippen molar-refractivity contribution in [2.75, 3.05) is 23.7 Å². The van der Waals surface area contributed by atoms with E-state index in [2.05, 4.69) is 10.6 Å². The summed E-state index contributed by atoms with van der Waals surface area (Å²) in [5.74, 6) is -0.671. The van der Waals surface area contributed by atoms with Crippen LogP contribution >= 0.6 is 11.6 Å². The molecule has 27 heavy (non-hydrogen) atoms. The summed E-state index contributed by atoms with van der Waals surface area (Å²) in [6, 6.07) is 14.2. The minimum absolute atomic E-state index is 0.0483. The normalized spacial score (nSPS) is 10.2. The van der Waals surface area contributed by atoms with Gasteiger partial charge in [-0.15, -0.1) is 0 Å². The third kappa shape index (κ3) is 7.11. The monoisotopic (exact) mass is 387 g/mol. The van der Waals surface area contributed by atoms with E-state index in [1.165, 1.54) is 18.7 Å². The van der Waals surface area contributed by atoms with Crippen LogP contribution in [0.15, 0.2) is 48.5 Å². The first kappa shape index (κ1) is 20.5. The Kier molecular flexibility index (Phi) is 7.37. The second-order valence-corrected chi connectivity index (χ2v) is 6.56. The van der Waals surface area contributed by atoms with Crippen LogP contribution in [0.4, 0.5) is 11.4 Å². The van der Waals surface area contributed by atoms with E-state index < -0.39 is 0 Å². The van der Waals surface area contributed by atoms with Crippen molar-refractivity contribution in [2.45, 2.75) is 20.3 Å². The number of hydrogen-bond acceptors (Lipinski definition) is 3. The zero-order valence-corrected chi connectivity index (χ0v) is 16.0. The van der Waals surface area contributed by atoms with Crippen molar-refractivity contribution < 1.29 is 14.4 Å². The molecule has 0 aliphatic rings. The van der Waals surface area contributed by atoms with Crippen molar-refractivity contribution in [1.29, 1.82) is 0 Å². The number of halogens is 1. The van der Waals surface area contributed by atoms with E-state index in [0.717, 1.165) is 5.56 Å². The molecule has 0 saturated heterocycles. The van der Waals surface area contributed by atoms with Crippen LogP contribution in [0.5, 0.6) is 0 Å². The van der Waals surface area contributed by atoms with E-state index in [-0.39, 0.29) is 24.3 Å². The maximum atomic E-state index is 12.3. The number of benzene rings is 2. The van der Waals surface area contributed by atoms with E-state index in [0.29, 0.717) is 29.4 Å². The first-order chi connectivity index (χ1) is 12.8. The summed E-state index contributed by atoms with van der Waals surface area (Å²) in [5, 5.41) is 6.06. The van der Waals surface area contributed by atoms with Gasteiger partial charge in [-0.3, -0.25) is 14.4 Å². The fraction of sp³-hybridized carbons (Fsp3) is 0.250. The number of carbonyl (C=O) groups is 3. The zero-order chi connectivity index (χ0) is 19.8. The van der Waals surface area contributed by atoms with Crippen molar-refractivity contribution >= 4 is 40.7 Å². The number of nitrogens with one attached hydrogen (secondary N) is 2. The largest absolute Gasteiger partial charge is 0.333 e. The fourth-order valence-electron chi connectivity index (χ4n) is 2.51. The van der Waals surface area contributed by atoms with Crippen LogP contribution in [0.1, 0.15) is 19.4 Å². The molecule has 0 radical (unpaired) electrons. The summed E-state index contributed by atoms with van der Waals surface area (Å²) in [7, 11) is 0. The first-order valence-electron chi connectivity index (χ1n) is 8.51. The van der Waals surface area contributed by atoms with E-state index >= 15 is 0 Å². The number of rotatable bonds is 7. The smallest absolute Gasteiger partial charge is 0.243 e. The highest BCUT2D eigenvalue weighted by Gasteiger charge is 2.14. The van der Waals surface area contributed by atoms with Crippen LogP contribution in [-0.2, 0) is 20.8 Å². The molecule has 0 spiro atoms. The SMILES string of the molecule is CC(=O)Nc1cccc(NC(=O)CN(CCc2ccc(Cl)cc2)C(C)=O)c1. The molecular weight excluding hydrogens is 366 g/mol. The molecule has 0 heterocycles. The Hall–Kier alpha value is -2.86. The maximum Gasteiger partial charge on any atom is 0.243 e. The molecule has 2 aromatic rings. The van der Waals surface area contributed by atoms with E-state index in [4.69, 9.17) is 11.6 Å². The van der Waals surface area contributed by atoms with Gasteiger partial charge in [-0.2, -0.15) is 0 Å². The second kappa shape index (κ2) is 9.73. The summed E-state index contributed by atoms with van der Waals surface area (Å²) in [5.41, 5.74) is 2.17. The van der Waals surface area contributed by atoms with Gasteiger partial charge in [0.1, 0.15) is 0 Å². The summed E-state index contributed by atoms with van der Waals surface area (Å²) >= 11 is 5.87. The summed E-state index contributed by atoms with van der Waals surface area (Å²) in [6.07, 6.45) is 0.627. The number of hydrogen-bond donors (Lipinski definition) is 2. The van der Waals surface area contributed by atoms with Crippen LogP contribution in [0.2, 0.25) is 5.02 Å². The van der Waals surface area contributed by atoms with Crippen molar-refractivity contribution in [2.24, 2.45) is 0 Å². The average molecular weight is 388 g/mol. The van der Waals surface area contributed by atoms with Gasteiger partial charge in [0.2, 0.25) is 17.7 Å². The van der Waals surface area contributed by atoms with E-state index in [9.17, 15) is 14.4 Å². The van der Waals surface area contributed by atoms with E-state index in [1.807, 2.05) is 12.1 Å². The van der Waals surface area contributed by atoms with Crippen LogP contribution in [0.25, 0.3) is 0 Å². The highest BCUT2D eigenvalue weighted by molar-refractivity contribution is 6.30. The quantitative estimate of drug-likeness (QED) is 0.764. The minimum Gasteiger partial charge on any atom is -0.333 e. The summed E-state index contributed by atoms with van der Waals surface area (Å²) < 4.78 is 0. The van der Waals surface area contributed by atoms with Gasteiger partial charge < -0.3 is 15.5 Å². The maximum absolute atomic E-state index is 12.3. The molecule has 2 rings (SSSR count). The summed E-state index contributed by atoms with van der Waals surface area (Å²) in [6.45, 7) is 3.23. The van der Waals surface area contributed by atoms with Gasteiger partial charge in [0, 0.05) is 36.8 Å². The molecule has 3 amide bonds. The molecule has 0 aliphatic carbocycles. The molecular formula is C20H22ClN3O3. The molecule has 0 bridgehead atoms. The topological polar surface area (TPSA) is 78.5 Å². The Bertz CT molecular complexity index is 821. The van der Waals surface area contributed by atoms with Gasteiger partial charge in [0.05, 0.1) is 6.54 Å². The van der Waals surface area contributed by atoms with Gasteiger partial charge in [0.25, 0.3) is 0 Å². The Labute approximate surface area is 163 Å². The Morgan fingerprint density at radius 2 is 1.59 bits per heavy atom. The number of nitrogens with zero attached hydrogens (tertiary/aromatic N) is 1. The van der Waals surface area contributed by atoms with Crippen molar-refractivity contribution in [3.05, 3.63) is 59.1 Å². The fourth-order valence-corrected chi connectivity index (χ4v) is 2.64. The molecule has 2 N–H and O–H groups in total. The van der Waals surface area contributed by atoms with Crippen LogP contribution in [-0.4, -0.2) is 35.7 Å². The number of anilines is 2. The van der Waals surface area contributed by atoms with Crippen molar-refractivity contribution in [3.63, 3.8) is 0 Å². The van der Waals surface area contributed by atoms with Gasteiger partial charge in [-0.1, -0.05) is 29.8 Å². The Morgan fingerprint density at radius 3 is 2.19 bits per heavy atom. The molecule has 0 aromatic heterocycles. The minimum atomic E-state index is -0.304. The molecule has 142 valence electrons. The van der Waals surface area contributed by atoms with E-state index in [1.54, 1.807) is 36.4 Å². The molecule has 0 atom stereocenters. The predicted molar refractivity (Wildman–Crippen MR) is 107 cm³/mol. The third-order valence-corrected chi connectivity index (χ3v) is 4.08. The predicted octanol–water partition coefficient (Wildman–Crippen LogP) is 3.33.